The van der Waals surface area contributed by atoms with E-state index in [1.165, 1.54) is 4.90 Å². The third kappa shape index (κ3) is 4.98. The van der Waals surface area contributed by atoms with Gasteiger partial charge in [-0.05, 0) is 39.0 Å². The molecule has 2 N–H and O–H groups in total. The predicted molar refractivity (Wildman–Crippen MR) is 88.3 cm³/mol. The van der Waals surface area contributed by atoms with Crippen molar-refractivity contribution in [3.63, 3.8) is 0 Å². The van der Waals surface area contributed by atoms with Crippen LogP contribution >= 0.6 is 0 Å². The third-order valence-electron chi connectivity index (χ3n) is 2.93. The molecule has 0 spiro atoms. The fourth-order valence-corrected chi connectivity index (χ4v) is 1.79. The Kier molecular flexibility index (Phi) is 4.88. The number of nitrogen functional groups attached to an aromatic ring is 1. The number of aromatic nitrogens is 2. The topological polar surface area (TPSA) is 90.6 Å². The number of amides is 1. The van der Waals surface area contributed by atoms with E-state index in [9.17, 15) is 4.79 Å². The highest BCUT2D eigenvalue weighted by Crippen LogP contribution is 2.16. The summed E-state index contributed by atoms with van der Waals surface area (Å²) in [6.45, 7) is 6.17. The second-order valence-electron chi connectivity index (χ2n) is 6.18. The van der Waals surface area contributed by atoms with E-state index in [0.717, 1.165) is 5.39 Å². The monoisotopic (exact) mass is 318 g/mol. The molecule has 7 nitrogen and oxygen atoms in total. The van der Waals surface area contributed by atoms with Crippen LogP contribution in [0.5, 0.6) is 5.88 Å². The Morgan fingerprint density at radius 1 is 1.22 bits per heavy atom. The zero-order valence-electron chi connectivity index (χ0n) is 13.9. The number of hydrogen-bond donors (Lipinski definition) is 1. The number of pyridine rings is 2. The summed E-state index contributed by atoms with van der Waals surface area (Å²) in [5.74, 6) is 0.847. The number of anilines is 1. The minimum atomic E-state index is -0.516. The van der Waals surface area contributed by atoms with Crippen LogP contribution in [0.3, 0.4) is 0 Å². The van der Waals surface area contributed by atoms with Gasteiger partial charge in [-0.15, -0.1) is 0 Å². The van der Waals surface area contributed by atoms with Crippen LogP contribution in [0.4, 0.5) is 10.6 Å². The zero-order chi connectivity index (χ0) is 17.0. The molecule has 0 radical (unpaired) electrons. The molecular weight excluding hydrogens is 296 g/mol. The molecule has 124 valence electrons. The van der Waals surface area contributed by atoms with Gasteiger partial charge in [-0.1, -0.05) is 0 Å². The highest BCUT2D eigenvalue weighted by molar-refractivity contribution is 5.76. The Hall–Kier alpha value is -2.57. The molecule has 1 amide bonds. The van der Waals surface area contributed by atoms with E-state index in [1.807, 2.05) is 32.9 Å². The van der Waals surface area contributed by atoms with Gasteiger partial charge < -0.3 is 20.1 Å². The van der Waals surface area contributed by atoms with Gasteiger partial charge in [-0.2, -0.15) is 4.98 Å². The second-order valence-corrected chi connectivity index (χ2v) is 6.18. The first-order valence-corrected chi connectivity index (χ1v) is 7.35. The Labute approximate surface area is 135 Å². The molecule has 0 aliphatic heterocycles. The lowest BCUT2D eigenvalue weighted by Gasteiger charge is -2.24. The average Bonchev–Trinajstić information content (AvgIpc) is 2.44. The van der Waals surface area contributed by atoms with Crippen LogP contribution < -0.4 is 10.5 Å². The number of nitrogens with zero attached hydrogens (tertiary/aromatic N) is 3. The number of hydrogen-bond acceptors (Lipinski definition) is 6. The Morgan fingerprint density at radius 3 is 2.61 bits per heavy atom. The smallest absolute Gasteiger partial charge is 0.410 e. The summed E-state index contributed by atoms with van der Waals surface area (Å²) in [5, 5.41) is 0.887. The van der Waals surface area contributed by atoms with Crippen LogP contribution in [-0.2, 0) is 4.74 Å². The maximum Gasteiger partial charge on any atom is 0.410 e. The van der Waals surface area contributed by atoms with Crippen LogP contribution in [0.1, 0.15) is 20.8 Å². The molecule has 0 saturated heterocycles. The fourth-order valence-electron chi connectivity index (χ4n) is 1.79. The number of carbonyl (C=O) groups excluding carboxylic acids is 1. The molecule has 0 aliphatic carbocycles. The SMILES string of the molecule is CN(CCOc1ccc2ccc(N)nc2n1)C(=O)OC(C)(C)C. The lowest BCUT2D eigenvalue weighted by atomic mass is 10.2. The molecule has 2 aromatic heterocycles. The fraction of sp³-hybridized carbons (Fsp3) is 0.438. The molecule has 2 aromatic rings. The van der Waals surface area contributed by atoms with Crippen molar-refractivity contribution < 1.29 is 14.3 Å². The Bertz CT molecular complexity index is 697. The van der Waals surface area contributed by atoms with Gasteiger partial charge in [0.25, 0.3) is 0 Å². The van der Waals surface area contributed by atoms with Crippen molar-refractivity contribution in [3.8, 4) is 5.88 Å². The lowest BCUT2D eigenvalue weighted by molar-refractivity contribution is 0.0277. The van der Waals surface area contributed by atoms with E-state index < -0.39 is 5.60 Å². The molecule has 0 aromatic carbocycles. The summed E-state index contributed by atoms with van der Waals surface area (Å²) in [6, 6.07) is 7.19. The number of fused-ring (bicyclic) bond motifs is 1. The highest BCUT2D eigenvalue weighted by atomic mass is 16.6. The Balaban J connectivity index is 1.90. The van der Waals surface area contributed by atoms with Crippen LogP contribution in [0.15, 0.2) is 24.3 Å². The van der Waals surface area contributed by atoms with E-state index >= 15 is 0 Å². The standard InChI is InChI=1S/C16H22N4O3/c1-16(2,3)23-15(21)20(4)9-10-22-13-8-6-11-5-7-12(17)18-14(11)19-13/h5-8H,9-10H2,1-4H3,(H2,17,18,19). The van der Waals surface area contributed by atoms with Crippen molar-refractivity contribution in [3.05, 3.63) is 24.3 Å². The Morgan fingerprint density at radius 2 is 1.91 bits per heavy atom. The van der Waals surface area contributed by atoms with Crippen LogP contribution in [0, 0.1) is 0 Å². The van der Waals surface area contributed by atoms with E-state index in [-0.39, 0.29) is 6.09 Å². The van der Waals surface area contributed by atoms with Crippen LogP contribution in [0.25, 0.3) is 11.0 Å². The zero-order valence-corrected chi connectivity index (χ0v) is 13.9. The molecule has 7 heteroatoms. The molecule has 0 fully saturated rings. The summed E-state index contributed by atoms with van der Waals surface area (Å²) in [4.78, 5) is 21.7. The van der Waals surface area contributed by atoms with Crippen molar-refractivity contribution in [1.29, 1.82) is 0 Å². The first-order valence-electron chi connectivity index (χ1n) is 7.35. The van der Waals surface area contributed by atoms with Crippen molar-refractivity contribution in [2.75, 3.05) is 25.9 Å². The second kappa shape index (κ2) is 6.68. The quantitative estimate of drug-likeness (QED) is 0.931. The van der Waals surface area contributed by atoms with Gasteiger partial charge in [-0.25, -0.2) is 9.78 Å². The van der Waals surface area contributed by atoms with Gasteiger partial charge in [0.1, 0.15) is 18.0 Å². The molecule has 0 unspecified atom stereocenters. The first kappa shape index (κ1) is 16.8. The molecule has 23 heavy (non-hydrogen) atoms. The third-order valence-corrected chi connectivity index (χ3v) is 2.93. The first-order chi connectivity index (χ1) is 10.7. The van der Waals surface area contributed by atoms with E-state index in [0.29, 0.717) is 30.5 Å². The summed E-state index contributed by atoms with van der Waals surface area (Å²) < 4.78 is 10.8. The van der Waals surface area contributed by atoms with Crippen molar-refractivity contribution in [2.45, 2.75) is 26.4 Å². The number of ether oxygens (including phenoxy) is 2. The molecular formula is C16H22N4O3. The van der Waals surface area contributed by atoms with Crippen molar-refractivity contribution in [2.24, 2.45) is 0 Å². The number of likely N-dealkylation sites (N-methyl/N-ethyl adjacent to an activating group) is 1. The number of nitrogens with two attached hydrogens (primary N) is 1. The van der Waals surface area contributed by atoms with Gasteiger partial charge in [-0.3, -0.25) is 0 Å². The van der Waals surface area contributed by atoms with Crippen molar-refractivity contribution in [1.82, 2.24) is 14.9 Å². The number of carbonyl (C=O) groups is 1. The molecule has 0 saturated carbocycles. The van der Waals surface area contributed by atoms with Gasteiger partial charge in [0.05, 0.1) is 6.54 Å². The summed E-state index contributed by atoms with van der Waals surface area (Å²) in [7, 11) is 1.66. The van der Waals surface area contributed by atoms with Gasteiger partial charge in [0.2, 0.25) is 5.88 Å². The molecule has 0 aliphatic rings. The maximum absolute atomic E-state index is 11.8. The van der Waals surface area contributed by atoms with Gasteiger partial charge in [0, 0.05) is 18.5 Å². The average molecular weight is 318 g/mol. The number of rotatable bonds is 4. The maximum atomic E-state index is 11.8. The molecule has 2 heterocycles. The summed E-state index contributed by atoms with van der Waals surface area (Å²) in [5.41, 5.74) is 5.66. The predicted octanol–water partition coefficient (Wildman–Crippen LogP) is 2.46. The van der Waals surface area contributed by atoms with Crippen LogP contribution in [0.2, 0.25) is 0 Å². The lowest BCUT2D eigenvalue weighted by Crippen LogP contribution is -2.36. The summed E-state index contributed by atoms with van der Waals surface area (Å²) >= 11 is 0. The molecule has 0 bridgehead atoms. The van der Waals surface area contributed by atoms with Gasteiger partial charge in [0.15, 0.2) is 5.65 Å². The molecule has 0 atom stereocenters. The minimum Gasteiger partial charge on any atom is -0.476 e. The molecule has 2 rings (SSSR count). The highest BCUT2D eigenvalue weighted by Gasteiger charge is 2.19. The van der Waals surface area contributed by atoms with Crippen molar-refractivity contribution >= 4 is 22.9 Å². The largest absolute Gasteiger partial charge is 0.476 e. The summed E-state index contributed by atoms with van der Waals surface area (Å²) in [6.07, 6.45) is -0.387. The van der Waals surface area contributed by atoms with Gasteiger partial charge >= 0.3 is 6.09 Å². The van der Waals surface area contributed by atoms with E-state index in [4.69, 9.17) is 15.2 Å². The minimum absolute atomic E-state index is 0.302. The normalized spacial score (nSPS) is 11.3. The van der Waals surface area contributed by atoms with Crippen LogP contribution in [-0.4, -0.2) is 46.8 Å². The van der Waals surface area contributed by atoms with E-state index in [2.05, 4.69) is 9.97 Å². The van der Waals surface area contributed by atoms with E-state index in [1.54, 1.807) is 19.2 Å².